The van der Waals surface area contributed by atoms with Crippen LogP contribution in [0.4, 0.5) is 10.3 Å². The SMILES string of the molecule is CNc1nc(-c2ccco2)c(C2CC(C(=O)C3CCOC(c4sc(NC)nc4-c4ccco4)C3)CCO2)s1. The monoisotopic (exact) mass is 554 g/mol. The Labute approximate surface area is 228 Å². The number of nitrogens with one attached hydrogen (secondary N) is 2. The van der Waals surface area contributed by atoms with Gasteiger partial charge in [-0.1, -0.05) is 22.7 Å². The van der Waals surface area contributed by atoms with Gasteiger partial charge in [0.25, 0.3) is 0 Å². The molecular weight excluding hydrogens is 524 g/mol. The maximum atomic E-state index is 13.9. The van der Waals surface area contributed by atoms with Crippen molar-refractivity contribution in [3.8, 4) is 22.9 Å². The van der Waals surface area contributed by atoms with Crippen LogP contribution in [0.15, 0.2) is 45.6 Å². The van der Waals surface area contributed by atoms with Gasteiger partial charge < -0.3 is 28.9 Å². The Bertz CT molecular complexity index is 1260. The van der Waals surface area contributed by atoms with E-state index in [9.17, 15) is 4.79 Å². The lowest BCUT2D eigenvalue weighted by Crippen LogP contribution is -2.34. The quantitative estimate of drug-likeness (QED) is 0.255. The van der Waals surface area contributed by atoms with Crippen LogP contribution in [0.2, 0.25) is 0 Å². The Hall–Kier alpha value is -2.99. The molecule has 0 spiro atoms. The minimum atomic E-state index is -0.196. The van der Waals surface area contributed by atoms with Crippen LogP contribution in [0.25, 0.3) is 22.9 Å². The molecule has 9 nitrogen and oxygen atoms in total. The number of Topliss-reactive ketones (excluding diaryl/α,β-unsaturated/α-hetero) is 1. The van der Waals surface area contributed by atoms with E-state index in [1.54, 1.807) is 35.2 Å². The van der Waals surface area contributed by atoms with E-state index in [2.05, 4.69) is 10.6 Å². The molecule has 0 bridgehead atoms. The second-order valence-electron chi connectivity index (χ2n) is 9.48. The fourth-order valence-corrected chi connectivity index (χ4v) is 7.28. The summed E-state index contributed by atoms with van der Waals surface area (Å²) in [5.41, 5.74) is 1.56. The number of aromatic nitrogens is 2. The molecule has 2 saturated heterocycles. The van der Waals surface area contributed by atoms with Crippen molar-refractivity contribution in [3.63, 3.8) is 0 Å². The lowest BCUT2D eigenvalue weighted by Gasteiger charge is -2.34. The molecule has 0 radical (unpaired) electrons. The van der Waals surface area contributed by atoms with Crippen LogP contribution in [-0.2, 0) is 14.3 Å². The van der Waals surface area contributed by atoms with Crippen LogP contribution in [0, 0.1) is 11.8 Å². The average molecular weight is 555 g/mol. The van der Waals surface area contributed by atoms with Crippen molar-refractivity contribution in [2.75, 3.05) is 37.9 Å². The molecule has 2 N–H and O–H groups in total. The summed E-state index contributed by atoms with van der Waals surface area (Å²) in [7, 11) is 3.70. The van der Waals surface area contributed by atoms with Crippen molar-refractivity contribution in [1.82, 2.24) is 9.97 Å². The summed E-state index contributed by atoms with van der Waals surface area (Å²) in [5, 5.41) is 7.86. The van der Waals surface area contributed by atoms with Crippen LogP contribution >= 0.6 is 22.7 Å². The van der Waals surface area contributed by atoms with Gasteiger partial charge in [-0.15, -0.1) is 0 Å². The number of ketones is 1. The Balaban J connectivity index is 1.19. The number of carbonyl (C=O) groups is 1. The maximum Gasteiger partial charge on any atom is 0.183 e. The molecule has 2 aliphatic heterocycles. The molecule has 6 rings (SSSR count). The van der Waals surface area contributed by atoms with Gasteiger partial charge in [0.2, 0.25) is 0 Å². The molecular formula is C27H30N4O5S2. The average Bonchev–Trinajstić information content (AvgIpc) is 3.78. The second-order valence-corrected chi connectivity index (χ2v) is 11.5. The Morgan fingerprint density at radius 2 is 1.29 bits per heavy atom. The topological polar surface area (TPSA) is 112 Å². The number of furan rings is 2. The third-order valence-corrected chi connectivity index (χ3v) is 9.53. The summed E-state index contributed by atoms with van der Waals surface area (Å²) >= 11 is 3.11. The highest BCUT2D eigenvalue weighted by atomic mass is 32.1. The molecule has 11 heteroatoms. The van der Waals surface area contributed by atoms with Crippen molar-refractivity contribution < 1.29 is 23.1 Å². The first-order valence-corrected chi connectivity index (χ1v) is 14.5. The van der Waals surface area contributed by atoms with Crippen LogP contribution in [-0.4, -0.2) is 43.1 Å². The first kappa shape index (κ1) is 25.3. The highest BCUT2D eigenvalue weighted by Gasteiger charge is 2.38. The molecule has 0 aliphatic carbocycles. The van der Waals surface area contributed by atoms with Crippen molar-refractivity contribution >= 4 is 38.7 Å². The number of ether oxygens (including phenoxy) is 2. The Morgan fingerprint density at radius 1 is 0.816 bits per heavy atom. The predicted octanol–water partition coefficient (Wildman–Crippen LogP) is 6.41. The molecule has 4 unspecified atom stereocenters. The summed E-state index contributed by atoms with van der Waals surface area (Å²) in [6.45, 7) is 1.09. The van der Waals surface area contributed by atoms with E-state index in [-0.39, 0.29) is 24.0 Å². The zero-order valence-corrected chi connectivity index (χ0v) is 22.9. The van der Waals surface area contributed by atoms with Crippen molar-refractivity contribution in [1.29, 1.82) is 0 Å². The molecule has 4 atom stereocenters. The molecule has 200 valence electrons. The van der Waals surface area contributed by atoms with Gasteiger partial charge in [-0.05, 0) is 49.9 Å². The van der Waals surface area contributed by atoms with E-state index in [4.69, 9.17) is 28.3 Å². The summed E-state index contributed by atoms with van der Waals surface area (Å²) in [4.78, 5) is 25.3. The van der Waals surface area contributed by atoms with E-state index >= 15 is 0 Å². The second kappa shape index (κ2) is 11.0. The number of nitrogens with zero attached hydrogens (tertiary/aromatic N) is 2. The van der Waals surface area contributed by atoms with Crippen molar-refractivity contribution in [2.24, 2.45) is 11.8 Å². The molecule has 2 aliphatic rings. The van der Waals surface area contributed by atoms with Gasteiger partial charge in [-0.2, -0.15) is 0 Å². The van der Waals surface area contributed by atoms with E-state index in [0.29, 0.717) is 43.4 Å². The molecule has 4 aromatic rings. The highest BCUT2D eigenvalue weighted by Crippen LogP contribution is 2.45. The number of hydrogen-bond acceptors (Lipinski definition) is 11. The first-order valence-electron chi connectivity index (χ1n) is 12.9. The maximum absolute atomic E-state index is 13.9. The molecule has 2 fully saturated rings. The van der Waals surface area contributed by atoms with Crippen molar-refractivity contribution in [3.05, 3.63) is 46.5 Å². The minimum absolute atomic E-state index is 0.0686. The summed E-state index contributed by atoms with van der Waals surface area (Å²) in [5.74, 6) is 1.59. The fraction of sp³-hybridized carbons (Fsp3) is 0.444. The Morgan fingerprint density at radius 3 is 1.68 bits per heavy atom. The van der Waals surface area contributed by atoms with Crippen LogP contribution in [0.5, 0.6) is 0 Å². The lowest BCUT2D eigenvalue weighted by atomic mass is 9.80. The largest absolute Gasteiger partial charge is 0.463 e. The fourth-order valence-electron chi connectivity index (χ4n) is 5.30. The molecule has 0 saturated carbocycles. The Kier molecular flexibility index (Phi) is 7.33. The molecule has 38 heavy (non-hydrogen) atoms. The third kappa shape index (κ3) is 4.91. The first-order chi connectivity index (χ1) is 18.6. The number of anilines is 2. The molecule has 0 amide bonds. The summed E-state index contributed by atoms with van der Waals surface area (Å²) in [6.07, 6.45) is 5.64. The summed E-state index contributed by atoms with van der Waals surface area (Å²) < 4.78 is 23.7. The zero-order valence-electron chi connectivity index (χ0n) is 21.3. The van der Waals surface area contributed by atoms with Gasteiger partial charge in [-0.25, -0.2) is 9.97 Å². The van der Waals surface area contributed by atoms with Crippen molar-refractivity contribution in [2.45, 2.75) is 37.9 Å². The predicted molar refractivity (Wildman–Crippen MR) is 147 cm³/mol. The van der Waals surface area contributed by atoms with E-state index in [1.165, 1.54) is 0 Å². The molecule has 4 aromatic heterocycles. The number of carbonyl (C=O) groups excluding carboxylic acids is 1. The van der Waals surface area contributed by atoms with Gasteiger partial charge >= 0.3 is 0 Å². The third-order valence-electron chi connectivity index (χ3n) is 7.20. The highest BCUT2D eigenvalue weighted by molar-refractivity contribution is 7.16. The van der Waals surface area contributed by atoms with Gasteiger partial charge in [0, 0.05) is 39.1 Å². The van der Waals surface area contributed by atoms with Gasteiger partial charge in [-0.3, -0.25) is 4.79 Å². The normalized spacial score (nSPS) is 23.8. The van der Waals surface area contributed by atoms with E-state index < -0.39 is 0 Å². The number of thiazole rings is 2. The minimum Gasteiger partial charge on any atom is -0.463 e. The van der Waals surface area contributed by atoms with E-state index in [1.807, 2.05) is 38.4 Å². The molecule has 0 aromatic carbocycles. The number of hydrogen-bond donors (Lipinski definition) is 2. The van der Waals surface area contributed by atoms with Crippen LogP contribution in [0.3, 0.4) is 0 Å². The summed E-state index contributed by atoms with van der Waals surface area (Å²) in [6, 6.07) is 7.52. The van der Waals surface area contributed by atoms with Crippen LogP contribution in [0.1, 0.15) is 47.6 Å². The standard InChI is InChI=1S/C27H30N4O5S2/c1-28-26-30-21(17-5-3-9-33-17)24(37-26)19-13-15(7-11-35-19)23(32)16-8-12-36-20(14-16)25-22(18-6-4-10-34-18)31-27(29-2)38-25/h3-6,9-10,15-16,19-20H,7-8,11-14H2,1-2H3,(H,28,30)(H,29,31). The van der Waals surface area contributed by atoms with Gasteiger partial charge in [0.1, 0.15) is 17.2 Å². The number of rotatable bonds is 8. The smallest absolute Gasteiger partial charge is 0.183 e. The van der Waals surface area contributed by atoms with Gasteiger partial charge in [0.05, 0.1) is 34.5 Å². The van der Waals surface area contributed by atoms with Gasteiger partial charge in [0.15, 0.2) is 21.8 Å². The van der Waals surface area contributed by atoms with Crippen LogP contribution < -0.4 is 10.6 Å². The lowest BCUT2D eigenvalue weighted by molar-refractivity contribution is -0.137. The molecule has 6 heterocycles. The van der Waals surface area contributed by atoms with E-state index in [0.717, 1.165) is 44.2 Å². The zero-order chi connectivity index (χ0) is 26.1.